The Bertz CT molecular complexity index is 583. The Balaban J connectivity index is 1.64. The van der Waals surface area contributed by atoms with Gasteiger partial charge < -0.3 is 10.2 Å². The zero-order chi connectivity index (χ0) is 15.5. The molecule has 22 heavy (non-hydrogen) atoms. The molecule has 0 radical (unpaired) electrons. The molecule has 0 aromatic rings. The van der Waals surface area contributed by atoms with Crippen molar-refractivity contribution >= 4 is 0 Å². The van der Waals surface area contributed by atoms with E-state index in [4.69, 9.17) is 6.42 Å². The highest BCUT2D eigenvalue weighted by atomic mass is 16.3. The summed E-state index contributed by atoms with van der Waals surface area (Å²) < 4.78 is 0. The van der Waals surface area contributed by atoms with E-state index in [0.29, 0.717) is 35.3 Å². The molecule has 118 valence electrons. The van der Waals surface area contributed by atoms with Crippen molar-refractivity contribution in [3.05, 3.63) is 24.0 Å². The van der Waals surface area contributed by atoms with Crippen LogP contribution < -0.4 is 0 Å². The molecule has 4 rings (SSSR count). The van der Waals surface area contributed by atoms with E-state index in [1.807, 2.05) is 6.08 Å². The van der Waals surface area contributed by atoms with Crippen LogP contribution in [0.3, 0.4) is 0 Å². The second kappa shape index (κ2) is 4.65. The maximum Gasteiger partial charge on any atom is 0.130 e. The number of allylic oxidation sites excluding steroid dienone is 3. The predicted molar refractivity (Wildman–Crippen MR) is 86.9 cm³/mol. The first-order valence-corrected chi connectivity index (χ1v) is 8.78. The van der Waals surface area contributed by atoms with Crippen LogP contribution in [0.5, 0.6) is 0 Å². The van der Waals surface area contributed by atoms with Gasteiger partial charge in [0.15, 0.2) is 0 Å². The number of fused-ring (bicyclic) bond motifs is 5. The minimum Gasteiger partial charge on any atom is -0.508 e. The summed E-state index contributed by atoms with van der Waals surface area (Å²) in [5.74, 6) is 6.17. The predicted octanol–water partition coefficient (Wildman–Crippen LogP) is 3.83. The van der Waals surface area contributed by atoms with Crippen LogP contribution >= 0.6 is 0 Å². The van der Waals surface area contributed by atoms with E-state index in [1.54, 1.807) is 0 Å². The Morgan fingerprint density at radius 2 is 2.00 bits per heavy atom. The summed E-state index contributed by atoms with van der Waals surface area (Å²) in [6, 6.07) is 0. The molecule has 6 unspecified atom stereocenters. The third kappa shape index (κ3) is 1.72. The number of aliphatic hydroxyl groups excluding tert-OH is 1. The van der Waals surface area contributed by atoms with Crippen LogP contribution in [0.1, 0.15) is 45.4 Å². The minimum absolute atomic E-state index is 0.105. The summed E-state index contributed by atoms with van der Waals surface area (Å²) in [6.45, 7) is 2.23. The second-order valence-corrected chi connectivity index (χ2v) is 8.20. The lowest BCUT2D eigenvalue weighted by Crippen LogP contribution is -2.52. The number of rotatable bonds is 0. The van der Waals surface area contributed by atoms with Crippen LogP contribution in [0.2, 0.25) is 0 Å². The normalized spacial score (nSPS) is 53.0. The van der Waals surface area contributed by atoms with E-state index in [2.05, 4.69) is 25.0 Å². The average Bonchev–Trinajstić information content (AvgIpc) is 2.79. The zero-order valence-corrected chi connectivity index (χ0v) is 13.3. The Morgan fingerprint density at radius 1 is 1.18 bits per heavy atom. The van der Waals surface area contributed by atoms with Crippen molar-refractivity contribution in [2.45, 2.75) is 51.0 Å². The molecule has 2 N–H and O–H groups in total. The molecule has 7 atom stereocenters. The summed E-state index contributed by atoms with van der Waals surface area (Å²) >= 11 is 0. The SMILES string of the molecule is C#C[C@]1(O)CCC2C3CCC4C=C(O)C=CC4C3CCC21C. The second-order valence-electron chi connectivity index (χ2n) is 8.20. The fraction of sp³-hybridized carbons (Fsp3) is 0.700. The van der Waals surface area contributed by atoms with Gasteiger partial charge in [0.2, 0.25) is 0 Å². The van der Waals surface area contributed by atoms with Crippen molar-refractivity contribution < 1.29 is 10.2 Å². The molecule has 0 aliphatic heterocycles. The first kappa shape index (κ1) is 14.4. The summed E-state index contributed by atoms with van der Waals surface area (Å²) in [6.07, 6.45) is 18.3. The highest BCUT2D eigenvalue weighted by Crippen LogP contribution is 2.64. The van der Waals surface area contributed by atoms with Gasteiger partial charge in [-0.05, 0) is 80.3 Å². The van der Waals surface area contributed by atoms with Crippen LogP contribution in [0.15, 0.2) is 24.0 Å². The van der Waals surface area contributed by atoms with Gasteiger partial charge in [-0.2, -0.15) is 0 Å². The molecule has 2 heteroatoms. The van der Waals surface area contributed by atoms with Crippen molar-refractivity contribution in [2.24, 2.45) is 35.0 Å². The Hall–Kier alpha value is -1.20. The smallest absolute Gasteiger partial charge is 0.130 e. The lowest BCUT2D eigenvalue weighted by atomic mass is 9.50. The van der Waals surface area contributed by atoms with E-state index < -0.39 is 5.60 Å². The Kier molecular flexibility index (Phi) is 3.04. The molecule has 3 fully saturated rings. The Labute approximate surface area is 133 Å². The number of hydrogen-bond acceptors (Lipinski definition) is 2. The average molecular weight is 298 g/mol. The summed E-state index contributed by atoms with van der Waals surface area (Å²) in [5, 5.41) is 20.7. The van der Waals surface area contributed by atoms with Gasteiger partial charge in [-0.1, -0.05) is 18.9 Å². The van der Waals surface area contributed by atoms with E-state index in [-0.39, 0.29) is 5.41 Å². The maximum absolute atomic E-state index is 10.9. The van der Waals surface area contributed by atoms with Gasteiger partial charge in [0.25, 0.3) is 0 Å². The standard InChI is InChI=1S/C20H26O2/c1-3-20(22)11-9-18-17-6-4-13-12-14(21)5-7-15(13)16(17)8-10-19(18,20)2/h1,5,7,12-13,15-18,21-22H,4,6,8-11H2,2H3/t13?,15?,16?,17?,18?,19?,20-/m0/s1. The molecule has 3 saturated carbocycles. The van der Waals surface area contributed by atoms with Crippen molar-refractivity contribution in [2.75, 3.05) is 0 Å². The van der Waals surface area contributed by atoms with Crippen LogP contribution in [0.4, 0.5) is 0 Å². The summed E-state index contributed by atoms with van der Waals surface area (Å²) in [4.78, 5) is 0. The van der Waals surface area contributed by atoms with E-state index >= 15 is 0 Å². The molecule has 0 aromatic carbocycles. The monoisotopic (exact) mass is 298 g/mol. The molecule has 0 amide bonds. The van der Waals surface area contributed by atoms with Gasteiger partial charge in [0.1, 0.15) is 11.4 Å². The summed E-state index contributed by atoms with van der Waals surface area (Å²) in [5.41, 5.74) is -1.01. The van der Waals surface area contributed by atoms with E-state index in [1.165, 1.54) is 6.42 Å². The fourth-order valence-corrected chi connectivity index (χ4v) is 6.32. The van der Waals surface area contributed by atoms with Gasteiger partial charge in [-0.15, -0.1) is 6.42 Å². The van der Waals surface area contributed by atoms with Gasteiger partial charge in [-0.25, -0.2) is 0 Å². The first-order chi connectivity index (χ1) is 10.5. The van der Waals surface area contributed by atoms with Crippen LogP contribution in [0, 0.1) is 47.3 Å². The van der Waals surface area contributed by atoms with Gasteiger partial charge in [0.05, 0.1) is 0 Å². The molecule has 2 nitrogen and oxygen atoms in total. The topological polar surface area (TPSA) is 40.5 Å². The molecule has 4 aliphatic carbocycles. The third-order valence-corrected chi connectivity index (χ3v) is 7.58. The van der Waals surface area contributed by atoms with Crippen LogP contribution in [-0.4, -0.2) is 15.8 Å². The van der Waals surface area contributed by atoms with Crippen molar-refractivity contribution in [1.82, 2.24) is 0 Å². The summed E-state index contributed by atoms with van der Waals surface area (Å²) in [7, 11) is 0. The quantitative estimate of drug-likeness (QED) is 0.667. The first-order valence-electron chi connectivity index (χ1n) is 8.78. The number of terminal acetylenes is 1. The van der Waals surface area contributed by atoms with Crippen molar-refractivity contribution in [3.63, 3.8) is 0 Å². The number of aliphatic hydroxyl groups is 2. The molecule has 0 heterocycles. The van der Waals surface area contributed by atoms with Gasteiger partial charge in [0, 0.05) is 5.41 Å². The highest BCUT2D eigenvalue weighted by molar-refractivity contribution is 5.26. The molecule has 4 aliphatic rings. The molecule has 0 spiro atoms. The Morgan fingerprint density at radius 3 is 2.77 bits per heavy atom. The molecule has 0 aromatic heterocycles. The van der Waals surface area contributed by atoms with Crippen molar-refractivity contribution in [1.29, 1.82) is 0 Å². The molecular formula is C20H26O2. The zero-order valence-electron chi connectivity index (χ0n) is 13.3. The lowest BCUT2D eigenvalue weighted by Gasteiger charge is -2.55. The van der Waals surface area contributed by atoms with Gasteiger partial charge >= 0.3 is 0 Å². The van der Waals surface area contributed by atoms with Crippen molar-refractivity contribution in [3.8, 4) is 12.3 Å². The lowest BCUT2D eigenvalue weighted by molar-refractivity contribution is -0.0912. The van der Waals surface area contributed by atoms with E-state index in [9.17, 15) is 10.2 Å². The van der Waals surface area contributed by atoms with Crippen LogP contribution in [0.25, 0.3) is 0 Å². The van der Waals surface area contributed by atoms with Gasteiger partial charge in [-0.3, -0.25) is 0 Å². The van der Waals surface area contributed by atoms with Crippen LogP contribution in [-0.2, 0) is 0 Å². The third-order valence-electron chi connectivity index (χ3n) is 7.58. The minimum atomic E-state index is -0.903. The van der Waals surface area contributed by atoms with E-state index in [0.717, 1.165) is 32.1 Å². The fourth-order valence-electron chi connectivity index (χ4n) is 6.32. The molecule has 0 saturated heterocycles. The molecular weight excluding hydrogens is 272 g/mol. The molecule has 0 bridgehead atoms. The highest BCUT2D eigenvalue weighted by Gasteiger charge is 2.61. The largest absolute Gasteiger partial charge is 0.508 e. The maximum atomic E-state index is 10.9. The number of hydrogen-bond donors (Lipinski definition) is 2.